The topological polar surface area (TPSA) is 92.7 Å². The van der Waals surface area contributed by atoms with Crippen molar-refractivity contribution in [2.45, 2.75) is 44.2 Å². The molecular weight excluding hydrogens is 428 g/mol. The van der Waals surface area contributed by atoms with Crippen LogP contribution in [0.5, 0.6) is 0 Å². The summed E-state index contributed by atoms with van der Waals surface area (Å²) in [6.07, 6.45) is 1.08. The van der Waals surface area contributed by atoms with Gasteiger partial charge in [-0.2, -0.15) is 4.31 Å². The molecule has 1 saturated heterocycles. The van der Waals surface area contributed by atoms with E-state index in [1.807, 2.05) is 0 Å². The smallest absolute Gasteiger partial charge is 0.410 e. The maximum Gasteiger partial charge on any atom is 0.410 e. The van der Waals surface area contributed by atoms with Crippen molar-refractivity contribution in [3.8, 4) is 11.3 Å². The second-order valence-corrected chi connectivity index (χ2v) is 10.4. The van der Waals surface area contributed by atoms with Crippen LogP contribution in [0.25, 0.3) is 11.3 Å². The number of rotatable bonds is 3. The van der Waals surface area contributed by atoms with Gasteiger partial charge in [-0.3, -0.25) is 0 Å². The first-order chi connectivity index (χ1) is 14.0. The molecule has 2 heterocycles. The van der Waals surface area contributed by atoms with Gasteiger partial charge in [-0.15, -0.1) is 0 Å². The Labute approximate surface area is 181 Å². The van der Waals surface area contributed by atoms with E-state index in [-0.39, 0.29) is 29.8 Å². The number of benzene rings is 1. The Morgan fingerprint density at radius 1 is 1.23 bits per heavy atom. The monoisotopic (exact) mass is 452 g/mol. The second kappa shape index (κ2) is 8.49. The molecule has 1 aromatic heterocycles. The molecule has 0 aliphatic carbocycles. The largest absolute Gasteiger partial charge is 0.444 e. The number of aromatic nitrogens is 2. The lowest BCUT2D eigenvalue weighted by atomic mass is 10.1. The van der Waals surface area contributed by atoms with Gasteiger partial charge in [0.2, 0.25) is 15.3 Å². The number of ether oxygens (including phenoxy) is 1. The molecule has 0 saturated carbocycles. The Kier molecular flexibility index (Phi) is 6.35. The van der Waals surface area contributed by atoms with Crippen LogP contribution in [0.15, 0.2) is 41.4 Å². The zero-order chi connectivity index (χ0) is 22.1. The van der Waals surface area contributed by atoms with Gasteiger partial charge < -0.3 is 9.64 Å². The first-order valence-electron chi connectivity index (χ1n) is 9.56. The SMILES string of the molecule is CC1CN(C(=O)OC(C)(C)C)CCN1S(=O)(=O)c1cccc(-c2ccnc(Cl)n2)c1. The van der Waals surface area contributed by atoms with Crippen LogP contribution >= 0.6 is 11.6 Å². The zero-order valence-electron chi connectivity index (χ0n) is 17.4. The lowest BCUT2D eigenvalue weighted by Gasteiger charge is -2.39. The Bertz CT molecular complexity index is 1040. The molecular formula is C20H25ClN4O4S. The summed E-state index contributed by atoms with van der Waals surface area (Å²) in [4.78, 5) is 22.0. The van der Waals surface area contributed by atoms with Gasteiger partial charge in [-0.1, -0.05) is 12.1 Å². The van der Waals surface area contributed by atoms with Crippen molar-refractivity contribution in [3.63, 3.8) is 0 Å². The first-order valence-corrected chi connectivity index (χ1v) is 11.4. The molecule has 1 aromatic carbocycles. The van der Waals surface area contributed by atoms with Crippen LogP contribution in [0.4, 0.5) is 4.79 Å². The molecule has 8 nitrogen and oxygen atoms in total. The van der Waals surface area contributed by atoms with Gasteiger partial charge in [0.15, 0.2) is 0 Å². The molecule has 1 unspecified atom stereocenters. The summed E-state index contributed by atoms with van der Waals surface area (Å²) in [5, 5.41) is 0.0904. The summed E-state index contributed by atoms with van der Waals surface area (Å²) in [6, 6.07) is 7.82. The Morgan fingerprint density at radius 3 is 2.60 bits per heavy atom. The van der Waals surface area contributed by atoms with Crippen molar-refractivity contribution in [1.29, 1.82) is 0 Å². The Balaban J connectivity index is 1.80. The Hall–Kier alpha value is -2.23. The minimum absolute atomic E-state index is 0.0904. The molecule has 1 aliphatic rings. The lowest BCUT2D eigenvalue weighted by Crippen LogP contribution is -2.55. The highest BCUT2D eigenvalue weighted by Crippen LogP contribution is 2.26. The van der Waals surface area contributed by atoms with Crippen molar-refractivity contribution in [1.82, 2.24) is 19.2 Å². The van der Waals surface area contributed by atoms with E-state index in [2.05, 4.69) is 9.97 Å². The van der Waals surface area contributed by atoms with E-state index in [4.69, 9.17) is 16.3 Å². The van der Waals surface area contributed by atoms with Crippen molar-refractivity contribution in [3.05, 3.63) is 41.8 Å². The van der Waals surface area contributed by atoms with Crippen LogP contribution in [0.3, 0.4) is 0 Å². The first kappa shape index (κ1) is 22.5. The summed E-state index contributed by atoms with van der Waals surface area (Å²) < 4.78 is 33.4. The molecule has 1 fully saturated rings. The van der Waals surface area contributed by atoms with Gasteiger partial charge in [0.1, 0.15) is 5.60 Å². The van der Waals surface area contributed by atoms with E-state index in [1.54, 1.807) is 62.9 Å². The third-order valence-electron chi connectivity index (χ3n) is 4.58. The summed E-state index contributed by atoms with van der Waals surface area (Å²) in [5.74, 6) is 0. The van der Waals surface area contributed by atoms with Crippen LogP contribution in [0.2, 0.25) is 5.28 Å². The van der Waals surface area contributed by atoms with Gasteiger partial charge in [0, 0.05) is 37.4 Å². The van der Waals surface area contributed by atoms with Crippen LogP contribution < -0.4 is 0 Å². The third kappa shape index (κ3) is 5.08. The van der Waals surface area contributed by atoms with Crippen molar-refractivity contribution >= 4 is 27.7 Å². The highest BCUT2D eigenvalue weighted by atomic mass is 35.5. The number of carbonyl (C=O) groups excluding carboxylic acids is 1. The van der Waals surface area contributed by atoms with Crippen LogP contribution in [-0.4, -0.2) is 65.0 Å². The van der Waals surface area contributed by atoms with Crippen molar-refractivity contribution in [2.24, 2.45) is 0 Å². The van der Waals surface area contributed by atoms with E-state index >= 15 is 0 Å². The number of nitrogens with zero attached hydrogens (tertiary/aromatic N) is 4. The van der Waals surface area contributed by atoms with Crippen molar-refractivity contribution < 1.29 is 17.9 Å². The maximum absolute atomic E-state index is 13.3. The summed E-state index contributed by atoms with van der Waals surface area (Å²) in [6.45, 7) is 7.88. The fraction of sp³-hybridized carbons (Fsp3) is 0.450. The van der Waals surface area contributed by atoms with E-state index in [0.29, 0.717) is 11.3 Å². The molecule has 10 heteroatoms. The fourth-order valence-electron chi connectivity index (χ4n) is 3.24. The normalized spacial score (nSPS) is 18.3. The number of piperazine rings is 1. The number of amides is 1. The van der Waals surface area contributed by atoms with Crippen LogP contribution in [0, 0.1) is 0 Å². The van der Waals surface area contributed by atoms with Crippen molar-refractivity contribution in [2.75, 3.05) is 19.6 Å². The molecule has 0 radical (unpaired) electrons. The van der Waals surface area contributed by atoms with Gasteiger partial charge >= 0.3 is 6.09 Å². The number of carbonyl (C=O) groups is 1. The summed E-state index contributed by atoms with van der Waals surface area (Å²) in [7, 11) is -3.76. The fourth-order valence-corrected chi connectivity index (χ4v) is 5.04. The maximum atomic E-state index is 13.3. The summed E-state index contributed by atoms with van der Waals surface area (Å²) >= 11 is 5.85. The number of halogens is 1. The quantitative estimate of drug-likeness (QED) is 0.662. The summed E-state index contributed by atoms with van der Waals surface area (Å²) in [5.41, 5.74) is 0.559. The molecule has 162 valence electrons. The van der Waals surface area contributed by atoms with E-state index in [1.165, 1.54) is 10.5 Å². The van der Waals surface area contributed by atoms with E-state index in [0.717, 1.165) is 0 Å². The molecule has 3 rings (SSSR count). The molecule has 0 spiro atoms. The predicted octanol–water partition coefficient (Wildman–Crippen LogP) is 3.43. The lowest BCUT2D eigenvalue weighted by molar-refractivity contribution is 0.0143. The van der Waals surface area contributed by atoms with E-state index in [9.17, 15) is 13.2 Å². The minimum Gasteiger partial charge on any atom is -0.444 e. The molecule has 0 bridgehead atoms. The van der Waals surface area contributed by atoms with Crippen LogP contribution in [-0.2, 0) is 14.8 Å². The van der Waals surface area contributed by atoms with Crippen LogP contribution in [0.1, 0.15) is 27.7 Å². The minimum atomic E-state index is -3.76. The zero-order valence-corrected chi connectivity index (χ0v) is 18.9. The number of hydrogen-bond acceptors (Lipinski definition) is 6. The second-order valence-electron chi connectivity index (χ2n) is 8.13. The van der Waals surface area contributed by atoms with E-state index < -0.39 is 27.8 Å². The number of sulfonamides is 1. The highest BCUT2D eigenvalue weighted by molar-refractivity contribution is 7.89. The molecule has 1 atom stereocenters. The molecule has 2 aromatic rings. The third-order valence-corrected chi connectivity index (χ3v) is 6.77. The average molecular weight is 453 g/mol. The standard InChI is InChI=1S/C20H25ClN4O4S/c1-14-13-24(19(26)29-20(2,3)4)10-11-25(14)30(27,28)16-7-5-6-15(12-16)17-8-9-22-18(21)23-17/h5-9,12,14H,10-11,13H2,1-4H3. The van der Waals surface area contributed by atoms with Gasteiger partial charge in [0.25, 0.3) is 0 Å². The molecule has 0 N–H and O–H groups in total. The molecule has 1 aliphatic heterocycles. The Morgan fingerprint density at radius 2 is 1.97 bits per heavy atom. The van der Waals surface area contributed by atoms with Gasteiger partial charge in [-0.05, 0) is 57.5 Å². The average Bonchev–Trinajstić information content (AvgIpc) is 2.66. The molecule has 30 heavy (non-hydrogen) atoms. The predicted molar refractivity (Wildman–Crippen MR) is 114 cm³/mol. The van der Waals surface area contributed by atoms with Gasteiger partial charge in [0.05, 0.1) is 10.6 Å². The number of hydrogen-bond donors (Lipinski definition) is 0. The van der Waals surface area contributed by atoms with Gasteiger partial charge in [-0.25, -0.2) is 23.2 Å². The molecule has 1 amide bonds. The highest BCUT2D eigenvalue weighted by Gasteiger charge is 2.36.